The van der Waals surface area contributed by atoms with Crippen molar-refractivity contribution in [3.05, 3.63) is 44.0 Å². The molecule has 0 aliphatic heterocycles. The molecular weight excluding hydrogens is 214 g/mol. The Balaban J connectivity index is 3.17. The molecule has 0 atom stereocenters. The molecule has 0 N–H and O–H groups in total. The quantitative estimate of drug-likeness (QED) is 0.248. The van der Waals surface area contributed by atoms with Gasteiger partial charge in [-0.3, -0.25) is 4.79 Å². The van der Waals surface area contributed by atoms with Crippen LogP contribution in [0.15, 0.2) is 33.7 Å². The van der Waals surface area contributed by atoms with Crippen molar-refractivity contribution in [2.75, 3.05) is 6.54 Å². The molecule has 0 unspecified atom stereocenters. The molecule has 0 aliphatic carbocycles. The average molecular weight is 219 g/mol. The van der Waals surface area contributed by atoms with E-state index < -0.39 is 12.3 Å². The third-order valence-corrected chi connectivity index (χ3v) is 1.76. The summed E-state index contributed by atoms with van der Waals surface area (Å²) in [6.45, 7) is -0.443. The summed E-state index contributed by atoms with van der Waals surface area (Å²) in [6, 6.07) is 3.58. The Morgan fingerprint density at radius 2 is 2.06 bits per heavy atom. The molecule has 0 amide bonds. The predicted octanol–water partition coefficient (Wildman–Crippen LogP) is 2.98. The second-order valence-corrected chi connectivity index (χ2v) is 2.70. The van der Waals surface area contributed by atoms with Gasteiger partial charge in [0, 0.05) is 10.5 Å². The molecule has 8 heteroatoms. The van der Waals surface area contributed by atoms with Gasteiger partial charge in [-0.25, -0.2) is 0 Å². The Morgan fingerprint density at radius 3 is 2.62 bits per heavy atom. The zero-order valence-electron chi connectivity index (χ0n) is 7.90. The number of azide groups is 1. The van der Waals surface area contributed by atoms with Gasteiger partial charge in [0.25, 0.3) is 0 Å². The number of hydrogen-bond donors (Lipinski definition) is 0. The number of rotatable bonds is 5. The average Bonchev–Trinajstić information content (AvgIpc) is 2.35. The van der Waals surface area contributed by atoms with E-state index in [4.69, 9.17) is 5.53 Å². The summed E-state index contributed by atoms with van der Waals surface area (Å²) in [7, 11) is 0. The molecule has 0 radical (unpaired) electrons. The first kappa shape index (κ1) is 11.5. The molecule has 0 spiro atoms. The van der Waals surface area contributed by atoms with E-state index in [-0.39, 0.29) is 16.9 Å². The fraction of sp³-hybridized carbons (Fsp3) is 0.125. The van der Waals surface area contributed by atoms with Crippen molar-refractivity contribution in [3.63, 3.8) is 0 Å². The predicted molar refractivity (Wildman–Crippen MR) is 55.7 cm³/mol. The second-order valence-electron chi connectivity index (χ2n) is 2.70. The fourth-order valence-electron chi connectivity index (χ4n) is 1.06. The standard InChI is InChI=1S/C8H5N5O3/c9-13-10-4-8(14)6-3-5(11-15)1-2-7(6)12-16/h1-3H,4H2. The van der Waals surface area contributed by atoms with Crippen molar-refractivity contribution in [2.45, 2.75) is 0 Å². The van der Waals surface area contributed by atoms with Crippen molar-refractivity contribution in [3.8, 4) is 0 Å². The van der Waals surface area contributed by atoms with E-state index in [1.807, 2.05) is 0 Å². The zero-order valence-corrected chi connectivity index (χ0v) is 7.90. The number of nitrogens with zero attached hydrogens (tertiary/aromatic N) is 5. The van der Waals surface area contributed by atoms with Crippen LogP contribution >= 0.6 is 0 Å². The highest BCUT2D eigenvalue weighted by atomic mass is 16.3. The first-order valence-electron chi connectivity index (χ1n) is 4.07. The Kier molecular flexibility index (Phi) is 3.82. The number of benzene rings is 1. The van der Waals surface area contributed by atoms with E-state index in [9.17, 15) is 14.6 Å². The number of carbonyl (C=O) groups excluding carboxylic acids is 1. The maximum absolute atomic E-state index is 11.4. The lowest BCUT2D eigenvalue weighted by Gasteiger charge is -2.00. The molecule has 16 heavy (non-hydrogen) atoms. The minimum atomic E-state index is -0.599. The summed E-state index contributed by atoms with van der Waals surface area (Å²) in [5, 5.41) is 8.30. The highest BCUT2D eigenvalue weighted by Gasteiger charge is 2.12. The molecule has 1 rings (SSSR count). The molecule has 1 aromatic rings. The summed E-state index contributed by atoms with van der Waals surface area (Å²) >= 11 is 0. The van der Waals surface area contributed by atoms with Crippen LogP contribution in [-0.4, -0.2) is 12.3 Å². The molecule has 0 saturated heterocycles. The number of Topliss-reactive ketones (excluding diaryl/α,β-unsaturated/α-hetero) is 1. The van der Waals surface area contributed by atoms with E-state index in [1.54, 1.807) is 0 Å². The van der Waals surface area contributed by atoms with Gasteiger partial charge in [-0.1, -0.05) is 5.11 Å². The van der Waals surface area contributed by atoms with Crippen LogP contribution in [-0.2, 0) is 0 Å². The molecule has 8 nitrogen and oxygen atoms in total. The van der Waals surface area contributed by atoms with Crippen LogP contribution in [0, 0.1) is 9.81 Å². The third-order valence-electron chi connectivity index (χ3n) is 1.76. The molecule has 0 bridgehead atoms. The largest absolute Gasteiger partial charge is 0.294 e. The maximum atomic E-state index is 11.4. The van der Waals surface area contributed by atoms with E-state index in [2.05, 4.69) is 20.4 Å². The van der Waals surface area contributed by atoms with Gasteiger partial charge in [-0.15, -0.1) is 9.81 Å². The lowest BCUT2D eigenvalue weighted by molar-refractivity contribution is 0.100. The van der Waals surface area contributed by atoms with Crippen LogP contribution < -0.4 is 0 Å². The molecule has 80 valence electrons. The Labute approximate surface area is 88.8 Å². The van der Waals surface area contributed by atoms with Crippen molar-refractivity contribution in [2.24, 2.45) is 15.5 Å². The zero-order chi connectivity index (χ0) is 12.0. The first-order valence-corrected chi connectivity index (χ1v) is 4.07. The normalized spacial score (nSPS) is 9.00. The summed E-state index contributed by atoms with van der Waals surface area (Å²) in [5.74, 6) is -0.599. The minimum Gasteiger partial charge on any atom is -0.294 e. The van der Waals surface area contributed by atoms with E-state index >= 15 is 0 Å². The second kappa shape index (κ2) is 5.32. The summed E-state index contributed by atoms with van der Waals surface area (Å²) in [5.41, 5.74) is 7.84. The molecule has 1 aromatic carbocycles. The van der Waals surface area contributed by atoms with Gasteiger partial charge in [0.15, 0.2) is 5.78 Å². The minimum absolute atomic E-state index is 0.00307. The van der Waals surface area contributed by atoms with Crippen molar-refractivity contribution in [1.29, 1.82) is 0 Å². The van der Waals surface area contributed by atoms with E-state index in [1.165, 1.54) is 12.1 Å². The molecule has 0 saturated carbocycles. The van der Waals surface area contributed by atoms with E-state index in [0.29, 0.717) is 0 Å². The fourth-order valence-corrected chi connectivity index (χ4v) is 1.06. The number of nitroso groups, excluding NO2 is 2. The van der Waals surface area contributed by atoms with Gasteiger partial charge in [0.05, 0.1) is 6.54 Å². The van der Waals surface area contributed by atoms with Crippen molar-refractivity contribution < 1.29 is 4.79 Å². The monoisotopic (exact) mass is 219 g/mol. The SMILES string of the molecule is [N-]=[N+]=NCC(=O)c1cc(N=O)ccc1N=O. The molecule has 0 fully saturated rings. The lowest BCUT2D eigenvalue weighted by Crippen LogP contribution is -2.02. The lowest BCUT2D eigenvalue weighted by atomic mass is 10.1. The Hall–Kier alpha value is -2.60. The Morgan fingerprint density at radius 1 is 1.31 bits per heavy atom. The number of hydrogen-bond acceptors (Lipinski definition) is 6. The van der Waals surface area contributed by atoms with Gasteiger partial charge in [0.2, 0.25) is 0 Å². The molecule has 0 aliphatic rings. The van der Waals surface area contributed by atoms with Crippen LogP contribution in [0.3, 0.4) is 0 Å². The van der Waals surface area contributed by atoms with Gasteiger partial charge in [-0.05, 0) is 34.1 Å². The van der Waals surface area contributed by atoms with Gasteiger partial charge >= 0.3 is 0 Å². The van der Waals surface area contributed by atoms with Crippen LogP contribution in [0.4, 0.5) is 11.4 Å². The van der Waals surface area contributed by atoms with Crippen LogP contribution in [0.1, 0.15) is 10.4 Å². The Bertz CT molecular complexity index is 492. The third kappa shape index (κ3) is 2.46. The van der Waals surface area contributed by atoms with Crippen molar-refractivity contribution >= 4 is 17.2 Å². The van der Waals surface area contributed by atoms with E-state index in [0.717, 1.165) is 6.07 Å². The van der Waals surface area contributed by atoms with Gasteiger partial charge < -0.3 is 0 Å². The van der Waals surface area contributed by atoms with Gasteiger partial charge in [-0.2, -0.15) is 0 Å². The summed E-state index contributed by atoms with van der Waals surface area (Å²) in [4.78, 5) is 34.5. The first-order chi connectivity index (χ1) is 7.72. The number of ketones is 1. The van der Waals surface area contributed by atoms with Crippen LogP contribution in [0.2, 0.25) is 0 Å². The highest BCUT2D eigenvalue weighted by Crippen LogP contribution is 2.25. The topological polar surface area (TPSA) is 125 Å². The highest BCUT2D eigenvalue weighted by molar-refractivity contribution is 6.02. The van der Waals surface area contributed by atoms with Crippen LogP contribution in [0.25, 0.3) is 10.4 Å². The smallest absolute Gasteiger partial charge is 0.171 e. The molecule has 0 heterocycles. The van der Waals surface area contributed by atoms with Crippen LogP contribution in [0.5, 0.6) is 0 Å². The van der Waals surface area contributed by atoms with Crippen molar-refractivity contribution in [1.82, 2.24) is 0 Å². The summed E-state index contributed by atoms with van der Waals surface area (Å²) < 4.78 is 0. The maximum Gasteiger partial charge on any atom is 0.171 e. The summed E-state index contributed by atoms with van der Waals surface area (Å²) in [6.07, 6.45) is 0. The number of carbonyl (C=O) groups is 1. The molecular formula is C8H5N5O3. The van der Waals surface area contributed by atoms with Gasteiger partial charge in [0.1, 0.15) is 11.4 Å². The molecule has 0 aromatic heterocycles.